The van der Waals surface area contributed by atoms with Gasteiger partial charge in [-0.15, -0.1) is 0 Å². The predicted octanol–water partition coefficient (Wildman–Crippen LogP) is 18.7. The summed E-state index contributed by atoms with van der Waals surface area (Å²) in [5, 5.41) is 6.86. The highest BCUT2D eigenvalue weighted by Crippen LogP contribution is 2.51. The van der Waals surface area contributed by atoms with Gasteiger partial charge in [0, 0.05) is 65.9 Å². The summed E-state index contributed by atoms with van der Waals surface area (Å²) in [7, 11) is 0. The third-order valence-corrected chi connectivity index (χ3v) is 14.6. The summed E-state index contributed by atoms with van der Waals surface area (Å²) < 4.78 is 16.4. The van der Waals surface area contributed by atoms with Crippen LogP contribution in [0.4, 0.5) is 17.1 Å². The fourth-order valence-corrected chi connectivity index (χ4v) is 11.4. The van der Waals surface area contributed by atoms with Gasteiger partial charge in [-0.2, -0.15) is 0 Å². The number of rotatable bonds is 6. The van der Waals surface area contributed by atoms with Gasteiger partial charge in [-0.05, 0) is 88.0 Å². The van der Waals surface area contributed by atoms with E-state index in [-0.39, 0.29) is 0 Å². The number of benzene rings is 11. The van der Waals surface area contributed by atoms with Crippen molar-refractivity contribution in [2.45, 2.75) is 0 Å². The molecule has 0 amide bonds. The van der Waals surface area contributed by atoms with E-state index in [9.17, 15) is 0 Å². The second-order valence-electron chi connectivity index (χ2n) is 18.3. The molecule has 0 unspecified atom stereocenters. The van der Waals surface area contributed by atoms with Crippen LogP contribution in [-0.4, -0.2) is 4.57 Å². The van der Waals surface area contributed by atoms with E-state index >= 15 is 0 Å². The monoisotopic (exact) mass is 892 g/mol. The lowest BCUT2D eigenvalue weighted by Crippen LogP contribution is -2.10. The van der Waals surface area contributed by atoms with Crippen molar-refractivity contribution in [1.29, 1.82) is 0 Å². The first-order valence-electron chi connectivity index (χ1n) is 23.9. The van der Waals surface area contributed by atoms with E-state index in [4.69, 9.17) is 8.83 Å². The Hall–Kier alpha value is -9.38. The first kappa shape index (κ1) is 38.7. The number of para-hydroxylation sites is 6. The molecule has 0 aliphatic carbocycles. The number of furan rings is 2. The minimum Gasteiger partial charge on any atom is -0.455 e. The van der Waals surface area contributed by atoms with Gasteiger partial charge in [-0.3, -0.25) is 0 Å². The Morgan fingerprint density at radius 3 is 1.61 bits per heavy atom. The number of anilines is 3. The van der Waals surface area contributed by atoms with E-state index in [1.54, 1.807) is 0 Å². The Morgan fingerprint density at radius 2 is 0.843 bits per heavy atom. The van der Waals surface area contributed by atoms with Crippen LogP contribution >= 0.6 is 0 Å². The number of nitrogens with zero attached hydrogens (tertiary/aromatic N) is 2. The molecular formula is C66H40N2O2. The maximum atomic E-state index is 7.27. The van der Waals surface area contributed by atoms with Gasteiger partial charge in [-0.25, -0.2) is 0 Å². The number of aromatic nitrogens is 1. The quantitative estimate of drug-likeness (QED) is 0.167. The number of hydrogen-bond donors (Lipinski definition) is 0. The topological polar surface area (TPSA) is 34.5 Å². The highest BCUT2D eigenvalue weighted by molar-refractivity contribution is 6.22. The average molecular weight is 893 g/mol. The van der Waals surface area contributed by atoms with Crippen molar-refractivity contribution in [3.05, 3.63) is 243 Å². The number of fused-ring (bicyclic) bond motifs is 15. The Balaban J connectivity index is 0.866. The molecule has 0 N–H and O–H groups in total. The van der Waals surface area contributed by atoms with E-state index in [0.29, 0.717) is 0 Å². The van der Waals surface area contributed by atoms with Crippen LogP contribution in [0.5, 0.6) is 0 Å². The first-order valence-corrected chi connectivity index (χ1v) is 23.9. The minimum absolute atomic E-state index is 0.846. The molecule has 1 aliphatic heterocycles. The Bertz CT molecular complexity index is 4380. The van der Waals surface area contributed by atoms with E-state index in [2.05, 4.69) is 240 Å². The molecule has 1 aliphatic rings. The lowest BCUT2D eigenvalue weighted by Gasteiger charge is -2.26. The summed E-state index contributed by atoms with van der Waals surface area (Å²) in [4.78, 5) is 2.31. The van der Waals surface area contributed by atoms with Crippen molar-refractivity contribution >= 4 is 82.7 Å². The van der Waals surface area contributed by atoms with Gasteiger partial charge in [-0.1, -0.05) is 188 Å². The lowest BCUT2D eigenvalue weighted by molar-refractivity contribution is 0.669. The summed E-state index contributed by atoms with van der Waals surface area (Å²) in [5.74, 6) is 0. The van der Waals surface area contributed by atoms with E-state index in [1.165, 1.54) is 60.9 Å². The van der Waals surface area contributed by atoms with Crippen molar-refractivity contribution in [2.75, 3.05) is 4.90 Å². The Morgan fingerprint density at radius 1 is 0.300 bits per heavy atom. The third-order valence-electron chi connectivity index (χ3n) is 14.6. The molecule has 0 saturated carbocycles. The normalized spacial score (nSPS) is 12.0. The smallest absolute Gasteiger partial charge is 0.159 e. The van der Waals surface area contributed by atoms with Gasteiger partial charge in [0.1, 0.15) is 16.7 Å². The second-order valence-corrected chi connectivity index (χ2v) is 18.3. The van der Waals surface area contributed by atoms with Crippen molar-refractivity contribution < 1.29 is 8.83 Å². The van der Waals surface area contributed by atoms with Crippen LogP contribution in [0.2, 0.25) is 0 Å². The molecule has 4 nitrogen and oxygen atoms in total. The molecule has 326 valence electrons. The molecule has 70 heavy (non-hydrogen) atoms. The van der Waals surface area contributed by atoms with Crippen molar-refractivity contribution in [3.8, 4) is 61.3 Å². The molecule has 11 aromatic carbocycles. The summed E-state index contributed by atoms with van der Waals surface area (Å²) in [5.41, 5.74) is 21.6. The average Bonchev–Trinajstić information content (AvgIpc) is 4.10. The molecule has 0 spiro atoms. The molecule has 0 atom stereocenters. The molecule has 15 rings (SSSR count). The SMILES string of the molecule is c1ccc(-c2ccc(-c3ccc(N(c4ccc(-c5cccc6c5oc5c7c(ccc56)-c5ccccc5-n5c6ccccc6c6cccc-7c65)cc4)c4cccc5c4oc4ccccc45)cc3)cc2)cc1. The van der Waals surface area contributed by atoms with Crippen LogP contribution in [0.25, 0.3) is 127 Å². The van der Waals surface area contributed by atoms with Crippen molar-refractivity contribution in [2.24, 2.45) is 0 Å². The van der Waals surface area contributed by atoms with Crippen LogP contribution in [0.1, 0.15) is 0 Å². The van der Waals surface area contributed by atoms with Gasteiger partial charge < -0.3 is 18.3 Å². The van der Waals surface area contributed by atoms with Gasteiger partial charge in [0.25, 0.3) is 0 Å². The van der Waals surface area contributed by atoms with Gasteiger partial charge in [0.2, 0.25) is 0 Å². The molecule has 0 saturated heterocycles. The maximum absolute atomic E-state index is 7.27. The minimum atomic E-state index is 0.846. The molecule has 0 bridgehead atoms. The van der Waals surface area contributed by atoms with Gasteiger partial charge >= 0.3 is 0 Å². The number of hydrogen-bond acceptors (Lipinski definition) is 3. The third kappa shape index (κ3) is 5.71. The van der Waals surface area contributed by atoms with Crippen LogP contribution in [0.3, 0.4) is 0 Å². The molecule has 4 heterocycles. The molecule has 0 radical (unpaired) electrons. The standard InChI is InChI=1S/C66H40N2O2/c1-2-13-41(14-3-1)42-27-29-43(30-28-42)44-31-35-46(36-32-44)67(60-25-12-21-54-51-17-6-9-26-61(51)69-65(54)60)47-37-33-45(34-38-47)48-18-10-20-55-56-40-39-52-49-15-4-7-23-58(49)68-59-24-8-5-16-50(59)53-19-11-22-57(63(53)68)62(52)66(56)70-64(48)55/h1-40H. The molecule has 3 aromatic heterocycles. The van der Waals surface area contributed by atoms with Crippen LogP contribution in [0, 0.1) is 0 Å². The molecule has 4 heteroatoms. The molecular weight excluding hydrogens is 853 g/mol. The van der Waals surface area contributed by atoms with Crippen molar-refractivity contribution in [1.82, 2.24) is 4.57 Å². The summed E-state index contributed by atoms with van der Waals surface area (Å²) >= 11 is 0. The van der Waals surface area contributed by atoms with E-state index in [0.717, 1.165) is 83.2 Å². The fraction of sp³-hybridized carbons (Fsp3) is 0. The summed E-state index contributed by atoms with van der Waals surface area (Å²) in [6.45, 7) is 0. The van der Waals surface area contributed by atoms with E-state index in [1.807, 2.05) is 12.1 Å². The predicted molar refractivity (Wildman–Crippen MR) is 291 cm³/mol. The molecule has 14 aromatic rings. The molecule has 0 fully saturated rings. The van der Waals surface area contributed by atoms with Crippen LogP contribution in [-0.2, 0) is 0 Å². The fourth-order valence-electron chi connectivity index (χ4n) is 11.4. The zero-order valence-electron chi connectivity index (χ0n) is 37.8. The van der Waals surface area contributed by atoms with Crippen LogP contribution in [0.15, 0.2) is 251 Å². The van der Waals surface area contributed by atoms with E-state index < -0.39 is 0 Å². The first-order chi connectivity index (χ1) is 34.7. The summed E-state index contributed by atoms with van der Waals surface area (Å²) in [6.07, 6.45) is 0. The Kier molecular flexibility index (Phi) is 8.33. The zero-order chi connectivity index (χ0) is 45.9. The highest BCUT2D eigenvalue weighted by atomic mass is 16.3. The zero-order valence-corrected chi connectivity index (χ0v) is 37.8. The van der Waals surface area contributed by atoms with Gasteiger partial charge in [0.15, 0.2) is 5.58 Å². The highest BCUT2D eigenvalue weighted by Gasteiger charge is 2.28. The summed E-state index contributed by atoms with van der Waals surface area (Å²) in [6, 6.07) is 87.2. The van der Waals surface area contributed by atoms with Crippen molar-refractivity contribution in [3.63, 3.8) is 0 Å². The Labute approximate surface area is 403 Å². The van der Waals surface area contributed by atoms with Crippen LogP contribution < -0.4 is 4.90 Å². The van der Waals surface area contributed by atoms with Gasteiger partial charge in [0.05, 0.1) is 22.4 Å². The lowest BCUT2D eigenvalue weighted by atomic mass is 9.91. The maximum Gasteiger partial charge on any atom is 0.159 e. The second kappa shape index (κ2) is 15.1. The largest absolute Gasteiger partial charge is 0.455 e.